The largest absolute Gasteiger partial charge is 0.386 e. The van der Waals surface area contributed by atoms with Crippen molar-refractivity contribution in [2.75, 3.05) is 18.4 Å². The molecule has 8 heteroatoms. The van der Waals surface area contributed by atoms with Gasteiger partial charge in [0.15, 0.2) is 5.60 Å². The number of anilines is 1. The fourth-order valence-corrected chi connectivity index (χ4v) is 3.84. The number of pyridine rings is 1. The Bertz CT molecular complexity index is 962. The smallest absolute Gasteiger partial charge is 0.321 e. The van der Waals surface area contributed by atoms with Gasteiger partial charge in [-0.2, -0.15) is 0 Å². The van der Waals surface area contributed by atoms with Crippen molar-refractivity contribution in [3.8, 4) is 0 Å². The predicted octanol–water partition coefficient (Wildman–Crippen LogP) is 2.85. The highest BCUT2D eigenvalue weighted by Gasteiger charge is 2.45. The first-order valence-electron chi connectivity index (χ1n) is 10.1. The molecule has 30 heavy (non-hydrogen) atoms. The number of amides is 3. The summed E-state index contributed by atoms with van der Waals surface area (Å²) in [6.45, 7) is 3.43. The lowest BCUT2D eigenvalue weighted by Crippen LogP contribution is -2.52. The molecule has 0 saturated carbocycles. The minimum absolute atomic E-state index is 0.168. The number of urea groups is 1. The Morgan fingerprint density at radius 1 is 1.23 bits per heavy atom. The molecule has 1 aromatic heterocycles. The first-order chi connectivity index (χ1) is 14.5. The second-order valence-corrected chi connectivity index (χ2v) is 7.85. The molecule has 4 rings (SSSR count). The zero-order valence-electron chi connectivity index (χ0n) is 16.9. The highest BCUT2D eigenvalue weighted by atomic mass is 16.7. The van der Waals surface area contributed by atoms with Crippen LogP contribution in [0, 0.1) is 6.92 Å². The summed E-state index contributed by atoms with van der Waals surface area (Å²) in [6, 6.07) is 11.2. The van der Waals surface area contributed by atoms with Crippen molar-refractivity contribution in [3.63, 3.8) is 0 Å². The van der Waals surface area contributed by atoms with E-state index in [1.54, 1.807) is 17.3 Å². The van der Waals surface area contributed by atoms with E-state index in [2.05, 4.69) is 20.8 Å². The second-order valence-electron chi connectivity index (χ2n) is 7.85. The monoisotopic (exact) mass is 407 g/mol. The predicted molar refractivity (Wildman–Crippen MR) is 113 cm³/mol. The number of hydrogen-bond acceptors (Lipinski definition) is 5. The first-order valence-corrected chi connectivity index (χ1v) is 10.1. The molecule has 1 spiro atoms. The summed E-state index contributed by atoms with van der Waals surface area (Å²) in [6.07, 6.45) is 5.31. The number of benzene rings is 1. The van der Waals surface area contributed by atoms with E-state index >= 15 is 0 Å². The fourth-order valence-electron chi connectivity index (χ4n) is 3.84. The lowest BCUT2D eigenvalue weighted by Gasteiger charge is -2.38. The van der Waals surface area contributed by atoms with Crippen LogP contribution in [0.3, 0.4) is 0 Å². The Morgan fingerprint density at radius 2 is 2.07 bits per heavy atom. The Kier molecular flexibility index (Phi) is 5.65. The molecule has 2 aromatic rings. The molecule has 156 valence electrons. The van der Waals surface area contributed by atoms with Crippen LogP contribution in [0.1, 0.15) is 30.4 Å². The Morgan fingerprint density at radius 3 is 2.87 bits per heavy atom. The van der Waals surface area contributed by atoms with Gasteiger partial charge in [-0.25, -0.2) is 4.79 Å². The van der Waals surface area contributed by atoms with E-state index in [0.717, 1.165) is 29.7 Å². The van der Waals surface area contributed by atoms with Gasteiger partial charge >= 0.3 is 6.03 Å². The summed E-state index contributed by atoms with van der Waals surface area (Å²) in [5.74, 6) is -0.245. The molecule has 0 bridgehead atoms. The maximum absolute atomic E-state index is 12.7. The molecule has 2 aliphatic rings. The summed E-state index contributed by atoms with van der Waals surface area (Å²) in [5.41, 5.74) is 2.54. The van der Waals surface area contributed by atoms with Gasteiger partial charge < -0.3 is 20.4 Å². The molecule has 1 atom stereocenters. The van der Waals surface area contributed by atoms with Crippen LogP contribution in [-0.4, -0.2) is 46.2 Å². The summed E-state index contributed by atoms with van der Waals surface area (Å²) in [5, 5.41) is 9.85. The van der Waals surface area contributed by atoms with E-state index in [0.29, 0.717) is 31.8 Å². The van der Waals surface area contributed by atoms with Crippen molar-refractivity contribution in [3.05, 3.63) is 59.9 Å². The number of carbonyl (C=O) groups excluding carboxylic acids is 2. The van der Waals surface area contributed by atoms with Crippen LogP contribution in [0.4, 0.5) is 10.5 Å². The molecule has 1 fully saturated rings. The molecular formula is C22H25N5O3. The van der Waals surface area contributed by atoms with E-state index in [-0.39, 0.29) is 11.9 Å². The van der Waals surface area contributed by atoms with Crippen molar-refractivity contribution in [2.45, 2.75) is 38.3 Å². The average molecular weight is 407 g/mol. The molecule has 2 aliphatic heterocycles. The van der Waals surface area contributed by atoms with Crippen molar-refractivity contribution in [1.29, 1.82) is 0 Å². The summed E-state index contributed by atoms with van der Waals surface area (Å²) < 4.78 is 0. The van der Waals surface area contributed by atoms with E-state index in [1.807, 2.05) is 43.3 Å². The Balaban J connectivity index is 1.33. The Hall–Kier alpha value is -3.42. The van der Waals surface area contributed by atoms with Gasteiger partial charge in [0, 0.05) is 37.6 Å². The molecular weight excluding hydrogens is 382 g/mol. The van der Waals surface area contributed by atoms with Crippen LogP contribution in [-0.2, 0) is 16.2 Å². The van der Waals surface area contributed by atoms with E-state index in [4.69, 9.17) is 4.84 Å². The van der Waals surface area contributed by atoms with Gasteiger partial charge in [0.2, 0.25) is 0 Å². The van der Waals surface area contributed by atoms with Crippen LogP contribution in [0.5, 0.6) is 0 Å². The maximum Gasteiger partial charge on any atom is 0.321 e. The number of hydrogen-bond donors (Lipinski definition) is 2. The fraction of sp³-hybridized carbons (Fsp3) is 0.364. The van der Waals surface area contributed by atoms with E-state index in [1.165, 1.54) is 0 Å². The molecule has 2 N–H and O–H groups in total. The number of aryl methyl sites for hydroxylation is 1. The quantitative estimate of drug-likeness (QED) is 0.815. The van der Waals surface area contributed by atoms with Crippen LogP contribution in [0.2, 0.25) is 0 Å². The number of rotatable bonds is 4. The third kappa shape index (κ3) is 4.59. The minimum atomic E-state index is -0.633. The minimum Gasteiger partial charge on any atom is -0.386 e. The number of oxime groups is 1. The molecule has 0 radical (unpaired) electrons. The van der Waals surface area contributed by atoms with Crippen molar-refractivity contribution >= 4 is 23.3 Å². The zero-order chi connectivity index (χ0) is 21.0. The van der Waals surface area contributed by atoms with Gasteiger partial charge in [-0.3, -0.25) is 9.78 Å². The molecule has 3 heterocycles. The summed E-state index contributed by atoms with van der Waals surface area (Å²) in [4.78, 5) is 36.6. The molecule has 1 saturated heterocycles. The van der Waals surface area contributed by atoms with Crippen molar-refractivity contribution < 1.29 is 14.4 Å². The molecule has 0 unspecified atom stereocenters. The van der Waals surface area contributed by atoms with E-state index in [9.17, 15) is 9.59 Å². The highest BCUT2D eigenvalue weighted by Crippen LogP contribution is 2.33. The number of likely N-dealkylation sites (tertiary alicyclic amines) is 1. The van der Waals surface area contributed by atoms with Gasteiger partial charge in [0.25, 0.3) is 5.91 Å². The zero-order valence-corrected chi connectivity index (χ0v) is 16.9. The van der Waals surface area contributed by atoms with Gasteiger partial charge in [-0.05, 0) is 55.2 Å². The molecule has 8 nitrogen and oxygen atoms in total. The average Bonchev–Trinajstić information content (AvgIpc) is 3.16. The third-order valence-electron chi connectivity index (χ3n) is 5.40. The topological polar surface area (TPSA) is 95.9 Å². The van der Waals surface area contributed by atoms with Gasteiger partial charge in [-0.1, -0.05) is 17.3 Å². The van der Waals surface area contributed by atoms with Crippen LogP contribution in [0.15, 0.2) is 53.9 Å². The number of piperidine rings is 1. The highest BCUT2D eigenvalue weighted by molar-refractivity contribution is 6.39. The standard InChI is InChI=1S/C22H25N5O3/c1-16-4-2-5-18(12-16)25-21(29)27-11-3-8-22(15-27)13-19(26-30-22)20(28)24-14-17-6-9-23-10-7-17/h2,4-7,9-10,12H,3,8,11,13-15H2,1H3,(H,24,28)(H,25,29)/t22-/m0/s1. The Labute approximate surface area is 175 Å². The number of nitrogens with one attached hydrogen (secondary N) is 2. The number of aromatic nitrogens is 1. The molecule has 0 aliphatic carbocycles. The third-order valence-corrected chi connectivity index (χ3v) is 5.40. The summed E-state index contributed by atoms with van der Waals surface area (Å²) in [7, 11) is 0. The lowest BCUT2D eigenvalue weighted by atomic mass is 9.88. The van der Waals surface area contributed by atoms with Gasteiger partial charge in [-0.15, -0.1) is 0 Å². The number of nitrogens with zero attached hydrogens (tertiary/aromatic N) is 3. The normalized spacial score (nSPS) is 20.4. The SMILES string of the molecule is Cc1cccc(NC(=O)N2CCC[C@]3(CC(C(=O)NCc4ccncc4)=NO3)C2)c1. The molecule has 1 aromatic carbocycles. The lowest BCUT2D eigenvalue weighted by molar-refractivity contribution is -0.115. The van der Waals surface area contributed by atoms with Gasteiger partial charge in [0.1, 0.15) is 5.71 Å². The van der Waals surface area contributed by atoms with Crippen LogP contribution in [0.25, 0.3) is 0 Å². The second kappa shape index (κ2) is 8.52. The van der Waals surface area contributed by atoms with Gasteiger partial charge in [0.05, 0.1) is 6.54 Å². The van der Waals surface area contributed by atoms with Crippen molar-refractivity contribution in [1.82, 2.24) is 15.2 Å². The van der Waals surface area contributed by atoms with Crippen LogP contribution < -0.4 is 10.6 Å². The first kappa shape index (κ1) is 19.9. The van der Waals surface area contributed by atoms with E-state index < -0.39 is 5.60 Å². The maximum atomic E-state index is 12.7. The summed E-state index contributed by atoms with van der Waals surface area (Å²) >= 11 is 0. The van der Waals surface area contributed by atoms with Crippen LogP contribution >= 0.6 is 0 Å². The van der Waals surface area contributed by atoms with Crippen molar-refractivity contribution in [2.24, 2.45) is 5.16 Å². The number of carbonyl (C=O) groups is 2. The molecule has 3 amide bonds.